The summed E-state index contributed by atoms with van der Waals surface area (Å²) in [5.74, 6) is -2.05. The van der Waals surface area contributed by atoms with Gasteiger partial charge in [0.15, 0.2) is 0 Å². The van der Waals surface area contributed by atoms with E-state index in [1.807, 2.05) is 0 Å². The summed E-state index contributed by atoms with van der Waals surface area (Å²) in [5.41, 5.74) is 10.9. The first-order valence-corrected chi connectivity index (χ1v) is 16.4. The lowest BCUT2D eigenvalue weighted by atomic mass is 10.2. The van der Waals surface area contributed by atoms with Crippen LogP contribution in [0.3, 0.4) is 0 Å². The van der Waals surface area contributed by atoms with Gasteiger partial charge in [-0.25, -0.2) is 35.4 Å². The highest BCUT2D eigenvalue weighted by Gasteiger charge is 2.14. The molecule has 50 heavy (non-hydrogen) atoms. The Bertz CT molecular complexity index is 1050. The van der Waals surface area contributed by atoms with E-state index in [0.717, 1.165) is 19.3 Å². The second-order valence-electron chi connectivity index (χ2n) is 10.7. The molecule has 0 aliphatic rings. The first-order chi connectivity index (χ1) is 23.8. The lowest BCUT2D eigenvalue weighted by molar-refractivity contribution is -0.166. The molecule has 1 aromatic rings. The number of hydrogen-bond acceptors (Lipinski definition) is 13. The van der Waals surface area contributed by atoms with Crippen molar-refractivity contribution in [1.82, 2.24) is 41.3 Å². The molecule has 0 atom stereocenters. The fraction of sp³-hybridized carbons (Fsp3) is 0.667. The summed E-state index contributed by atoms with van der Waals surface area (Å²) in [6.07, 6.45) is 10.7. The Morgan fingerprint density at radius 1 is 0.640 bits per heavy atom. The van der Waals surface area contributed by atoms with Gasteiger partial charge < -0.3 is 22.1 Å². The summed E-state index contributed by atoms with van der Waals surface area (Å²) >= 11 is 0. The molecule has 0 radical (unpaired) electrons. The van der Waals surface area contributed by atoms with Crippen LogP contribution in [0.15, 0.2) is 24.8 Å². The Balaban J connectivity index is 0. The minimum absolute atomic E-state index is 0.0191. The fourth-order valence-electron chi connectivity index (χ4n) is 3.70. The molecule has 20 heteroatoms. The van der Waals surface area contributed by atoms with Crippen molar-refractivity contribution in [3.8, 4) is 0 Å². The van der Waals surface area contributed by atoms with Gasteiger partial charge in [-0.1, -0.05) is 6.42 Å². The van der Waals surface area contributed by atoms with Crippen LogP contribution >= 0.6 is 0 Å². The third-order valence-corrected chi connectivity index (χ3v) is 6.47. The normalized spacial score (nSPS) is 9.88. The first kappa shape index (κ1) is 47.6. The van der Waals surface area contributed by atoms with Crippen molar-refractivity contribution in [3.05, 3.63) is 24.8 Å². The molecule has 0 spiro atoms. The molecular formula is C30H56N10O10. The average Bonchev–Trinajstić information content (AvgIpc) is 3.11. The summed E-state index contributed by atoms with van der Waals surface area (Å²) in [4.78, 5) is 75.0. The number of rotatable bonds is 23. The van der Waals surface area contributed by atoms with Crippen molar-refractivity contribution >= 4 is 35.6 Å². The number of hydroxylamine groups is 7. The van der Waals surface area contributed by atoms with Gasteiger partial charge in [0.2, 0.25) is 29.5 Å². The monoisotopic (exact) mass is 716 g/mol. The number of aromatic nitrogens is 2. The number of primary amides is 1. The molecule has 0 aliphatic heterocycles. The van der Waals surface area contributed by atoms with E-state index in [-0.39, 0.29) is 57.1 Å². The van der Waals surface area contributed by atoms with Gasteiger partial charge in [-0.05, 0) is 64.0 Å². The average molecular weight is 717 g/mol. The second kappa shape index (κ2) is 33.0. The van der Waals surface area contributed by atoms with Crippen molar-refractivity contribution in [2.45, 2.75) is 90.4 Å². The van der Waals surface area contributed by atoms with E-state index >= 15 is 0 Å². The summed E-state index contributed by atoms with van der Waals surface area (Å²) in [6.45, 7) is 3.22. The number of hydrogen-bond donors (Lipinski definition) is 9. The van der Waals surface area contributed by atoms with Crippen molar-refractivity contribution in [3.63, 3.8) is 0 Å². The predicted octanol–water partition coefficient (Wildman–Crippen LogP) is 0.443. The Morgan fingerprint density at radius 2 is 1.04 bits per heavy atom. The number of nitrogens with zero attached hydrogens (tertiary/aromatic N) is 5. The Kier molecular flexibility index (Phi) is 31.4. The van der Waals surface area contributed by atoms with E-state index in [2.05, 4.69) is 26.3 Å². The highest BCUT2D eigenvalue weighted by atomic mass is 16.5. The van der Waals surface area contributed by atoms with Crippen LogP contribution in [0.25, 0.3) is 0 Å². The summed E-state index contributed by atoms with van der Waals surface area (Å²) in [7, 11) is 0. The number of amides is 7. The van der Waals surface area contributed by atoms with Crippen LogP contribution in [0, 0.1) is 0 Å². The molecule has 1 aromatic heterocycles. The Labute approximate surface area is 292 Å². The molecule has 1 heterocycles. The number of carbonyl (C=O) groups is 6. The Morgan fingerprint density at radius 3 is 1.36 bits per heavy atom. The summed E-state index contributed by atoms with van der Waals surface area (Å²) in [5, 5.41) is 43.5. The quantitative estimate of drug-likeness (QED) is 0.0422. The molecule has 11 N–H and O–H groups in total. The zero-order valence-electron chi connectivity index (χ0n) is 28.9. The fourth-order valence-corrected chi connectivity index (χ4v) is 3.70. The largest absolute Gasteiger partial charge is 0.356 e. The zero-order chi connectivity index (χ0) is 38.0. The molecule has 0 unspecified atom stereocenters. The van der Waals surface area contributed by atoms with Gasteiger partial charge in [-0.3, -0.25) is 44.8 Å². The third-order valence-electron chi connectivity index (χ3n) is 6.47. The molecular weight excluding hydrogens is 660 g/mol. The molecule has 0 aromatic carbocycles. The van der Waals surface area contributed by atoms with E-state index in [9.17, 15) is 44.4 Å². The van der Waals surface area contributed by atoms with E-state index in [0.29, 0.717) is 73.3 Å². The van der Waals surface area contributed by atoms with Gasteiger partial charge in [0.25, 0.3) is 0 Å². The van der Waals surface area contributed by atoms with E-state index in [1.54, 1.807) is 18.5 Å². The lowest BCUT2D eigenvalue weighted by Crippen LogP contribution is -2.31. The zero-order valence-corrected chi connectivity index (χ0v) is 28.9. The van der Waals surface area contributed by atoms with Crippen LogP contribution in [-0.2, 0) is 24.0 Å². The van der Waals surface area contributed by atoms with Crippen LogP contribution < -0.4 is 27.6 Å². The second-order valence-corrected chi connectivity index (χ2v) is 10.7. The first-order valence-electron chi connectivity index (χ1n) is 16.4. The van der Waals surface area contributed by atoms with Crippen LogP contribution in [0.5, 0.6) is 0 Å². The Hall–Kier alpha value is -4.50. The summed E-state index contributed by atoms with van der Waals surface area (Å²) < 4.78 is 0. The number of unbranched alkanes of at least 4 members (excludes halogenated alkanes) is 6. The molecule has 20 nitrogen and oxygen atoms in total. The topological polar surface area (TPSA) is 307 Å². The number of carbonyl (C=O) groups excluding carboxylic acids is 6. The third kappa shape index (κ3) is 32.1. The molecule has 7 amide bonds. The minimum Gasteiger partial charge on any atom is -0.356 e. The van der Waals surface area contributed by atoms with E-state index < -0.39 is 23.8 Å². The van der Waals surface area contributed by atoms with Crippen molar-refractivity contribution < 1.29 is 49.6 Å². The van der Waals surface area contributed by atoms with Crippen molar-refractivity contribution in [1.29, 1.82) is 0 Å². The van der Waals surface area contributed by atoms with Gasteiger partial charge in [-0.2, -0.15) is 0 Å². The van der Waals surface area contributed by atoms with Crippen molar-refractivity contribution in [2.75, 3.05) is 39.3 Å². The maximum atomic E-state index is 12.0. The maximum Gasteiger partial charge on any atom is 0.335 e. The van der Waals surface area contributed by atoms with E-state index in [1.165, 1.54) is 18.7 Å². The maximum absolute atomic E-state index is 12.0. The van der Waals surface area contributed by atoms with Gasteiger partial charge in [-0.15, -0.1) is 0 Å². The number of urea groups is 1. The molecule has 1 rings (SSSR count). The van der Waals surface area contributed by atoms with Gasteiger partial charge in [0.05, 0.1) is 0 Å². The number of nitrogens with one attached hydrogen (secondary N) is 3. The SMILES string of the molecule is CC(=O)N(O)CCCCCNC(=O)CCC(=O)N(O)CCCCCNC(=O)CCC(=O)N(O)CCCCCN.NC(=O)NO.c1cncnc1. The molecule has 286 valence electrons. The highest BCUT2D eigenvalue weighted by Crippen LogP contribution is 2.03. The predicted molar refractivity (Wildman–Crippen MR) is 178 cm³/mol. The van der Waals surface area contributed by atoms with E-state index in [4.69, 9.17) is 10.9 Å². The van der Waals surface area contributed by atoms with Crippen molar-refractivity contribution in [2.24, 2.45) is 11.5 Å². The minimum atomic E-state index is -0.940. The molecule has 0 fully saturated rings. The lowest BCUT2D eigenvalue weighted by Gasteiger charge is -2.15. The highest BCUT2D eigenvalue weighted by molar-refractivity contribution is 5.83. The van der Waals surface area contributed by atoms with Gasteiger partial charge >= 0.3 is 6.03 Å². The van der Waals surface area contributed by atoms with Crippen LogP contribution in [-0.4, -0.2) is 121 Å². The molecule has 0 saturated heterocycles. The number of nitrogens with two attached hydrogens (primary N) is 2. The van der Waals surface area contributed by atoms with Crippen LogP contribution in [0.1, 0.15) is 90.4 Å². The van der Waals surface area contributed by atoms with Crippen LogP contribution in [0.2, 0.25) is 0 Å². The smallest absolute Gasteiger partial charge is 0.335 e. The summed E-state index contributed by atoms with van der Waals surface area (Å²) in [6, 6.07) is 0.838. The van der Waals surface area contributed by atoms with Gasteiger partial charge in [0.1, 0.15) is 6.33 Å². The van der Waals surface area contributed by atoms with Gasteiger partial charge in [0, 0.05) is 77.7 Å². The molecule has 0 bridgehead atoms. The van der Waals surface area contributed by atoms with Crippen LogP contribution in [0.4, 0.5) is 4.79 Å². The standard InChI is InChI=1S/C25H48N6O8.C4H4N2.CH4N2O2/c1-21(32)29(37)18-9-3-6-16-27-22(33)12-14-25(36)31(39)20-10-4-7-17-28-23(34)11-13-24(35)30(38)19-8-2-5-15-26;1-2-5-4-6-3-1;2-1(4)3-5/h37-39H,2-20,26H2,1H3,(H,27,33)(H,28,34);1-4H;5H,(H3,2,3,4). The molecule has 0 saturated carbocycles. The molecule has 0 aliphatic carbocycles.